The van der Waals surface area contributed by atoms with E-state index in [0.29, 0.717) is 11.3 Å². The van der Waals surface area contributed by atoms with E-state index < -0.39 is 43.6 Å². The number of fused-ring (bicyclic) bond motifs is 1. The largest absolute Gasteiger partial charge is 0.481 e. The summed E-state index contributed by atoms with van der Waals surface area (Å²) >= 11 is 0.444. The molecule has 0 saturated heterocycles. The zero-order chi connectivity index (χ0) is 18.4. The van der Waals surface area contributed by atoms with Gasteiger partial charge in [-0.2, -0.15) is 13.2 Å². The molecule has 0 aliphatic carbocycles. The Labute approximate surface area is 143 Å². The summed E-state index contributed by atoms with van der Waals surface area (Å²) in [6.07, 6.45) is -4.45. The van der Waals surface area contributed by atoms with Gasteiger partial charge in [-0.3, -0.25) is 4.79 Å². The van der Waals surface area contributed by atoms with Crippen LogP contribution >= 0.6 is 11.3 Å². The number of aliphatic carboxylic acids is 1. The third kappa shape index (κ3) is 3.02. The lowest BCUT2D eigenvalue weighted by Crippen LogP contribution is -2.12. The molecule has 10 heteroatoms. The minimum atomic E-state index is -4.95. The Balaban J connectivity index is 2.33. The van der Waals surface area contributed by atoms with Crippen LogP contribution in [0, 0.1) is 0 Å². The maximum absolute atomic E-state index is 13.6. The summed E-state index contributed by atoms with van der Waals surface area (Å²) in [6, 6.07) is 6.79. The number of alkyl halides is 3. The number of hydrogen-bond acceptors (Lipinski definition) is 4. The Morgan fingerprint density at radius 1 is 1.20 bits per heavy atom. The lowest BCUT2D eigenvalue weighted by Gasteiger charge is -2.10. The Kier molecular flexibility index (Phi) is 4.12. The third-order valence-corrected chi connectivity index (χ3v) is 6.91. The number of sulfone groups is 1. The number of thiophene rings is 1. The van der Waals surface area contributed by atoms with E-state index >= 15 is 0 Å². The van der Waals surface area contributed by atoms with Crippen molar-refractivity contribution in [2.24, 2.45) is 0 Å². The lowest BCUT2D eigenvalue weighted by atomic mass is 10.1. The van der Waals surface area contributed by atoms with Gasteiger partial charge in [0.05, 0.1) is 16.9 Å². The fraction of sp³-hybridized carbons (Fsp3) is 0.133. The van der Waals surface area contributed by atoms with E-state index in [0.717, 1.165) is 6.20 Å². The van der Waals surface area contributed by atoms with E-state index in [-0.39, 0.29) is 15.3 Å². The van der Waals surface area contributed by atoms with E-state index in [1.165, 1.54) is 24.3 Å². The molecule has 0 atom stereocenters. The molecule has 0 aliphatic rings. The molecule has 0 spiro atoms. The van der Waals surface area contributed by atoms with E-state index in [9.17, 15) is 26.4 Å². The minimum Gasteiger partial charge on any atom is -0.481 e. The van der Waals surface area contributed by atoms with Gasteiger partial charge >= 0.3 is 12.1 Å². The molecule has 1 aromatic carbocycles. The van der Waals surface area contributed by atoms with E-state index in [1.54, 1.807) is 6.07 Å². The second-order valence-electron chi connectivity index (χ2n) is 5.17. The normalized spacial score (nSPS) is 12.6. The maximum atomic E-state index is 13.6. The summed E-state index contributed by atoms with van der Waals surface area (Å²) in [7, 11) is -4.40. The molecule has 0 bridgehead atoms. The summed E-state index contributed by atoms with van der Waals surface area (Å²) < 4.78 is 65.4. The van der Waals surface area contributed by atoms with Gasteiger partial charge in [-0.05, 0) is 17.7 Å². The molecule has 0 unspecified atom stereocenters. The zero-order valence-corrected chi connectivity index (χ0v) is 13.9. The highest BCUT2D eigenvalue weighted by Crippen LogP contribution is 2.47. The van der Waals surface area contributed by atoms with Crippen molar-refractivity contribution >= 4 is 37.4 Å². The van der Waals surface area contributed by atoms with Crippen LogP contribution in [0.15, 0.2) is 45.6 Å². The van der Waals surface area contributed by atoms with Crippen molar-refractivity contribution < 1.29 is 31.5 Å². The highest BCUT2D eigenvalue weighted by molar-refractivity contribution is 7.93. The zero-order valence-electron chi connectivity index (χ0n) is 12.3. The van der Waals surface area contributed by atoms with Crippen LogP contribution in [-0.4, -0.2) is 24.5 Å². The number of nitrogens with one attached hydrogen (secondary N) is 1. The molecule has 132 valence electrons. The van der Waals surface area contributed by atoms with Crippen LogP contribution in [0.3, 0.4) is 0 Å². The number of aromatic nitrogens is 1. The van der Waals surface area contributed by atoms with Gasteiger partial charge in [0.15, 0.2) is 0 Å². The molecule has 3 rings (SSSR count). The summed E-state index contributed by atoms with van der Waals surface area (Å²) in [4.78, 5) is 13.1. The topological polar surface area (TPSA) is 87.2 Å². The summed E-state index contributed by atoms with van der Waals surface area (Å²) in [5.41, 5.74) is -1.44. The maximum Gasteiger partial charge on any atom is 0.419 e. The smallest absolute Gasteiger partial charge is 0.419 e. The first-order chi connectivity index (χ1) is 11.6. The number of H-pyrrole nitrogens is 1. The molecule has 0 saturated carbocycles. The van der Waals surface area contributed by atoms with Crippen LogP contribution < -0.4 is 0 Å². The molecule has 2 aromatic heterocycles. The van der Waals surface area contributed by atoms with Crippen molar-refractivity contribution in [1.82, 2.24) is 4.98 Å². The number of halogens is 3. The molecule has 0 radical (unpaired) electrons. The average molecular weight is 389 g/mol. The van der Waals surface area contributed by atoms with Crippen molar-refractivity contribution in [2.45, 2.75) is 21.7 Å². The molecule has 3 aromatic rings. The summed E-state index contributed by atoms with van der Waals surface area (Å²) in [5.74, 6) is -1.31. The Bertz CT molecular complexity index is 1050. The number of rotatable bonds is 4. The van der Waals surface area contributed by atoms with E-state index in [2.05, 4.69) is 4.98 Å². The fourth-order valence-electron chi connectivity index (χ4n) is 2.50. The minimum absolute atomic E-state index is 0.0296. The molecule has 2 heterocycles. The first-order valence-corrected chi connectivity index (χ1v) is 9.14. The summed E-state index contributed by atoms with van der Waals surface area (Å²) in [6.45, 7) is 0. The summed E-state index contributed by atoms with van der Waals surface area (Å²) in [5, 5.41) is 8.47. The van der Waals surface area contributed by atoms with Gasteiger partial charge in [-0.1, -0.05) is 18.2 Å². The molecule has 0 fully saturated rings. The molecule has 5 nitrogen and oxygen atoms in total. The molecule has 2 N–H and O–H groups in total. The standard InChI is InChI=1S/C15H10F3NO4S2/c16-15(17,18)12-11-8(6-10(20)21)7-19-13(11)24-14(12)25(22,23)9-4-2-1-3-5-9/h1-5,7,19H,6H2,(H,20,21). The van der Waals surface area contributed by atoms with Gasteiger partial charge in [0.2, 0.25) is 9.84 Å². The number of aromatic amines is 1. The van der Waals surface area contributed by atoms with Gasteiger partial charge in [-0.15, -0.1) is 11.3 Å². The quantitative estimate of drug-likeness (QED) is 0.712. The van der Waals surface area contributed by atoms with Crippen molar-refractivity contribution in [3.8, 4) is 0 Å². The number of benzene rings is 1. The van der Waals surface area contributed by atoms with Gasteiger partial charge in [0.25, 0.3) is 0 Å². The Hall–Kier alpha value is -2.33. The second kappa shape index (κ2) is 5.88. The lowest BCUT2D eigenvalue weighted by molar-refractivity contribution is -0.138. The first-order valence-electron chi connectivity index (χ1n) is 6.84. The highest BCUT2D eigenvalue weighted by atomic mass is 32.2. The number of hydrogen-bond donors (Lipinski definition) is 2. The van der Waals surface area contributed by atoms with E-state index in [4.69, 9.17) is 5.11 Å². The van der Waals surface area contributed by atoms with Crippen molar-refractivity contribution in [3.63, 3.8) is 0 Å². The van der Waals surface area contributed by atoms with Crippen LogP contribution in [0.5, 0.6) is 0 Å². The Morgan fingerprint density at radius 2 is 1.84 bits per heavy atom. The van der Waals surface area contributed by atoms with Gasteiger partial charge in [0.1, 0.15) is 9.04 Å². The van der Waals surface area contributed by atoms with Crippen LogP contribution in [0.2, 0.25) is 0 Å². The van der Waals surface area contributed by atoms with Crippen LogP contribution in [0.25, 0.3) is 10.2 Å². The first kappa shape index (κ1) is 17.5. The van der Waals surface area contributed by atoms with Gasteiger partial charge in [-0.25, -0.2) is 8.42 Å². The molecule has 0 amide bonds. The number of carboxylic acid groups (broad SMARTS) is 1. The highest BCUT2D eigenvalue weighted by Gasteiger charge is 2.43. The van der Waals surface area contributed by atoms with E-state index in [1.807, 2.05) is 0 Å². The predicted octanol–water partition coefficient (Wildman–Crippen LogP) is 3.71. The monoisotopic (exact) mass is 389 g/mol. The SMILES string of the molecule is O=C(O)Cc1c[nH]c2sc(S(=O)(=O)c3ccccc3)c(C(F)(F)F)c12. The van der Waals surface area contributed by atoms with Crippen LogP contribution in [-0.2, 0) is 27.2 Å². The van der Waals surface area contributed by atoms with Gasteiger partial charge in [0, 0.05) is 11.6 Å². The molecule has 25 heavy (non-hydrogen) atoms. The molecular formula is C15H10F3NO4S2. The van der Waals surface area contributed by atoms with Crippen LogP contribution in [0.1, 0.15) is 11.1 Å². The van der Waals surface area contributed by atoms with Crippen molar-refractivity contribution in [2.75, 3.05) is 0 Å². The molecular weight excluding hydrogens is 379 g/mol. The van der Waals surface area contributed by atoms with Gasteiger partial charge < -0.3 is 10.1 Å². The number of carbonyl (C=O) groups is 1. The number of carboxylic acids is 1. The van der Waals surface area contributed by atoms with Crippen molar-refractivity contribution in [3.05, 3.63) is 47.7 Å². The fourth-order valence-corrected chi connectivity index (χ4v) is 5.65. The predicted molar refractivity (Wildman–Crippen MR) is 84.4 cm³/mol. The van der Waals surface area contributed by atoms with Crippen LogP contribution in [0.4, 0.5) is 13.2 Å². The third-order valence-electron chi connectivity index (χ3n) is 3.50. The van der Waals surface area contributed by atoms with Crippen molar-refractivity contribution in [1.29, 1.82) is 0 Å². The average Bonchev–Trinajstić information content (AvgIpc) is 3.07. The second-order valence-corrected chi connectivity index (χ2v) is 8.33. The molecule has 0 aliphatic heterocycles. The Morgan fingerprint density at radius 3 is 2.40 bits per heavy atom.